The average molecular weight is 236 g/mol. The lowest BCUT2D eigenvalue weighted by Gasteiger charge is -2.11. The number of anilines is 1. The van der Waals surface area contributed by atoms with Gasteiger partial charge in [-0.25, -0.2) is 4.39 Å². The van der Waals surface area contributed by atoms with E-state index in [0.29, 0.717) is 18.0 Å². The van der Waals surface area contributed by atoms with Crippen LogP contribution in [0.1, 0.15) is 36.0 Å². The summed E-state index contributed by atoms with van der Waals surface area (Å²) in [6.07, 6.45) is 4.86. The molecule has 1 aliphatic carbocycles. The fraction of sp³-hybridized carbons (Fsp3) is 0.462. The summed E-state index contributed by atoms with van der Waals surface area (Å²) in [5.74, 6) is -0.0511. The quantitative estimate of drug-likeness (QED) is 0.791. The number of halogens is 1. The van der Waals surface area contributed by atoms with Gasteiger partial charge in [-0.3, -0.25) is 4.79 Å². The Balaban J connectivity index is 1.94. The Morgan fingerprint density at radius 3 is 2.76 bits per heavy atom. The Morgan fingerprint density at radius 2 is 2.12 bits per heavy atom. The number of benzene rings is 1. The van der Waals surface area contributed by atoms with Crippen LogP contribution in [0.2, 0.25) is 0 Å². The number of hydrogen-bond donors (Lipinski definition) is 2. The van der Waals surface area contributed by atoms with Gasteiger partial charge in [0.25, 0.3) is 5.91 Å². The molecular formula is C13H17FN2O. The summed E-state index contributed by atoms with van der Waals surface area (Å²) in [5.41, 5.74) is 6.15. The molecule has 0 radical (unpaired) electrons. The minimum absolute atomic E-state index is 0.189. The Bertz CT molecular complexity index is 414. The van der Waals surface area contributed by atoms with Gasteiger partial charge in [-0.2, -0.15) is 0 Å². The zero-order valence-electron chi connectivity index (χ0n) is 9.71. The molecule has 0 atom stereocenters. The largest absolute Gasteiger partial charge is 0.398 e. The van der Waals surface area contributed by atoms with Gasteiger partial charge in [0.05, 0.1) is 5.56 Å². The van der Waals surface area contributed by atoms with E-state index in [-0.39, 0.29) is 11.6 Å². The van der Waals surface area contributed by atoms with Crippen molar-refractivity contribution in [1.29, 1.82) is 0 Å². The first kappa shape index (κ1) is 11.9. The average Bonchev–Trinajstić information content (AvgIpc) is 2.78. The SMILES string of the molecule is Nc1cc(F)ccc1C(=O)NCC1CCCC1. The van der Waals surface area contributed by atoms with Crippen molar-refractivity contribution in [2.24, 2.45) is 5.92 Å². The van der Waals surface area contributed by atoms with Crippen molar-refractivity contribution in [1.82, 2.24) is 5.32 Å². The van der Waals surface area contributed by atoms with Crippen molar-refractivity contribution >= 4 is 11.6 Å². The van der Waals surface area contributed by atoms with Crippen LogP contribution in [0, 0.1) is 11.7 Å². The van der Waals surface area contributed by atoms with E-state index in [2.05, 4.69) is 5.32 Å². The van der Waals surface area contributed by atoms with Crippen LogP contribution in [0.25, 0.3) is 0 Å². The lowest BCUT2D eigenvalue weighted by molar-refractivity contribution is 0.0948. The van der Waals surface area contributed by atoms with Crippen LogP contribution >= 0.6 is 0 Å². The van der Waals surface area contributed by atoms with E-state index in [1.807, 2.05) is 0 Å². The molecule has 92 valence electrons. The number of hydrogen-bond acceptors (Lipinski definition) is 2. The lowest BCUT2D eigenvalue weighted by atomic mass is 10.1. The summed E-state index contributed by atoms with van der Waals surface area (Å²) in [6, 6.07) is 3.85. The van der Waals surface area contributed by atoms with Crippen molar-refractivity contribution in [2.75, 3.05) is 12.3 Å². The summed E-state index contributed by atoms with van der Waals surface area (Å²) in [6.45, 7) is 0.690. The molecule has 1 aromatic carbocycles. The monoisotopic (exact) mass is 236 g/mol. The molecule has 0 unspecified atom stereocenters. The van der Waals surface area contributed by atoms with Crippen molar-refractivity contribution < 1.29 is 9.18 Å². The summed E-state index contributed by atoms with van der Waals surface area (Å²) in [5, 5.41) is 2.86. The number of carbonyl (C=O) groups excluding carboxylic acids is 1. The molecule has 0 aromatic heterocycles. The molecule has 3 N–H and O–H groups in total. The van der Waals surface area contributed by atoms with Crippen LogP contribution in [0.3, 0.4) is 0 Å². The fourth-order valence-corrected chi connectivity index (χ4v) is 2.29. The zero-order chi connectivity index (χ0) is 12.3. The van der Waals surface area contributed by atoms with E-state index in [4.69, 9.17) is 5.73 Å². The first-order valence-electron chi connectivity index (χ1n) is 6.00. The minimum Gasteiger partial charge on any atom is -0.398 e. The third-order valence-electron chi connectivity index (χ3n) is 3.28. The number of nitrogen functional groups attached to an aromatic ring is 1. The molecule has 1 saturated carbocycles. The summed E-state index contributed by atoms with van der Waals surface area (Å²) >= 11 is 0. The Hall–Kier alpha value is -1.58. The predicted molar refractivity (Wildman–Crippen MR) is 65.1 cm³/mol. The van der Waals surface area contributed by atoms with E-state index >= 15 is 0 Å². The molecule has 0 bridgehead atoms. The van der Waals surface area contributed by atoms with Crippen LogP contribution in [-0.2, 0) is 0 Å². The number of amides is 1. The second-order valence-electron chi connectivity index (χ2n) is 4.59. The lowest BCUT2D eigenvalue weighted by Crippen LogP contribution is -2.29. The molecule has 17 heavy (non-hydrogen) atoms. The number of carbonyl (C=O) groups is 1. The molecule has 0 aliphatic heterocycles. The molecule has 4 heteroatoms. The molecule has 1 fully saturated rings. The van der Waals surface area contributed by atoms with Gasteiger partial charge in [0.1, 0.15) is 5.82 Å². The smallest absolute Gasteiger partial charge is 0.253 e. The summed E-state index contributed by atoms with van der Waals surface area (Å²) < 4.78 is 12.8. The second-order valence-corrected chi connectivity index (χ2v) is 4.59. The standard InChI is InChI=1S/C13H17FN2O/c14-10-5-6-11(12(15)7-10)13(17)16-8-9-3-1-2-4-9/h5-7,9H,1-4,8,15H2,(H,16,17). The van der Waals surface area contributed by atoms with E-state index < -0.39 is 5.82 Å². The normalized spacial score (nSPS) is 16.1. The van der Waals surface area contributed by atoms with Gasteiger partial charge < -0.3 is 11.1 Å². The van der Waals surface area contributed by atoms with Gasteiger partial charge in [0.2, 0.25) is 0 Å². The van der Waals surface area contributed by atoms with Gasteiger partial charge in [-0.1, -0.05) is 12.8 Å². The van der Waals surface area contributed by atoms with Gasteiger partial charge in [-0.05, 0) is 37.0 Å². The Kier molecular flexibility index (Phi) is 3.61. The maximum Gasteiger partial charge on any atom is 0.253 e. The molecule has 3 nitrogen and oxygen atoms in total. The van der Waals surface area contributed by atoms with Gasteiger partial charge in [0, 0.05) is 12.2 Å². The molecule has 2 rings (SSSR count). The Morgan fingerprint density at radius 1 is 1.41 bits per heavy atom. The van der Waals surface area contributed by atoms with E-state index in [9.17, 15) is 9.18 Å². The second kappa shape index (κ2) is 5.17. The maximum absolute atomic E-state index is 12.8. The van der Waals surface area contributed by atoms with E-state index in [1.165, 1.54) is 43.9 Å². The highest BCUT2D eigenvalue weighted by molar-refractivity contribution is 5.99. The number of nitrogens with one attached hydrogen (secondary N) is 1. The van der Waals surface area contributed by atoms with Crippen LogP contribution in [0.4, 0.5) is 10.1 Å². The highest BCUT2D eigenvalue weighted by Gasteiger charge is 2.17. The molecular weight excluding hydrogens is 219 g/mol. The molecule has 0 spiro atoms. The highest BCUT2D eigenvalue weighted by atomic mass is 19.1. The fourth-order valence-electron chi connectivity index (χ4n) is 2.29. The van der Waals surface area contributed by atoms with E-state index in [1.54, 1.807) is 0 Å². The molecule has 0 saturated heterocycles. The van der Waals surface area contributed by atoms with Crippen molar-refractivity contribution in [2.45, 2.75) is 25.7 Å². The maximum atomic E-state index is 12.8. The van der Waals surface area contributed by atoms with Gasteiger partial charge in [0.15, 0.2) is 0 Å². The molecule has 0 heterocycles. The van der Waals surface area contributed by atoms with Gasteiger partial charge >= 0.3 is 0 Å². The van der Waals surface area contributed by atoms with E-state index in [0.717, 1.165) is 0 Å². The third kappa shape index (κ3) is 2.96. The number of rotatable bonds is 3. The summed E-state index contributed by atoms with van der Waals surface area (Å²) in [7, 11) is 0. The van der Waals surface area contributed by atoms with Crippen molar-refractivity contribution in [3.8, 4) is 0 Å². The van der Waals surface area contributed by atoms with Crippen LogP contribution in [-0.4, -0.2) is 12.5 Å². The molecule has 1 amide bonds. The Labute approximate surface area is 100 Å². The first-order chi connectivity index (χ1) is 8.16. The van der Waals surface area contributed by atoms with Crippen molar-refractivity contribution in [3.63, 3.8) is 0 Å². The third-order valence-corrected chi connectivity index (χ3v) is 3.28. The van der Waals surface area contributed by atoms with Gasteiger partial charge in [-0.15, -0.1) is 0 Å². The van der Waals surface area contributed by atoms with Crippen LogP contribution in [0.15, 0.2) is 18.2 Å². The zero-order valence-corrected chi connectivity index (χ0v) is 9.71. The highest BCUT2D eigenvalue weighted by Crippen LogP contribution is 2.24. The molecule has 1 aromatic rings. The van der Waals surface area contributed by atoms with Crippen molar-refractivity contribution in [3.05, 3.63) is 29.6 Å². The predicted octanol–water partition coefficient (Wildman–Crippen LogP) is 2.33. The topological polar surface area (TPSA) is 55.1 Å². The number of nitrogens with two attached hydrogens (primary N) is 1. The van der Waals surface area contributed by atoms with Crippen LogP contribution < -0.4 is 11.1 Å². The minimum atomic E-state index is -0.421. The van der Waals surface area contributed by atoms with Crippen LogP contribution in [0.5, 0.6) is 0 Å². The summed E-state index contributed by atoms with van der Waals surface area (Å²) in [4.78, 5) is 11.8. The molecule has 1 aliphatic rings. The first-order valence-corrected chi connectivity index (χ1v) is 6.00.